The molecule has 0 N–H and O–H groups in total. The van der Waals surface area contributed by atoms with E-state index in [1.165, 1.54) is 0 Å². The highest BCUT2D eigenvalue weighted by Crippen LogP contribution is 2.35. The maximum atomic E-state index is 12.1. The monoisotopic (exact) mass is 449 g/mol. The third-order valence-corrected chi connectivity index (χ3v) is 4.39. The van der Waals surface area contributed by atoms with E-state index in [0.29, 0.717) is 29.4 Å². The molecule has 0 amide bonds. The molecular formula is C19H16INO4. The van der Waals surface area contributed by atoms with Gasteiger partial charge in [0.15, 0.2) is 11.5 Å². The number of nitrogens with zero attached hydrogens (tertiary/aromatic N) is 1. The van der Waals surface area contributed by atoms with E-state index in [-0.39, 0.29) is 0 Å². The lowest BCUT2D eigenvalue weighted by Gasteiger charge is -2.12. The summed E-state index contributed by atoms with van der Waals surface area (Å²) in [4.78, 5) is 17.0. The number of carbonyl (C=O) groups is 1. The van der Waals surface area contributed by atoms with E-state index in [1.807, 2.05) is 49.4 Å². The molecule has 0 spiro atoms. The second kappa shape index (κ2) is 7.69. The number of rotatable bonds is 5. The summed E-state index contributed by atoms with van der Waals surface area (Å²) in [6.45, 7) is 2.46. The maximum absolute atomic E-state index is 12.1. The summed E-state index contributed by atoms with van der Waals surface area (Å²) in [7, 11) is 1.59. The van der Waals surface area contributed by atoms with Gasteiger partial charge in [0.1, 0.15) is 5.71 Å². The highest BCUT2D eigenvalue weighted by Gasteiger charge is 2.27. The van der Waals surface area contributed by atoms with Gasteiger partial charge >= 0.3 is 5.97 Å². The van der Waals surface area contributed by atoms with Crippen molar-refractivity contribution in [2.75, 3.05) is 13.7 Å². The molecule has 0 saturated heterocycles. The van der Waals surface area contributed by atoms with Crippen LogP contribution in [0.25, 0.3) is 6.08 Å². The lowest BCUT2D eigenvalue weighted by molar-refractivity contribution is -0.136. The molecule has 0 unspecified atom stereocenters. The summed E-state index contributed by atoms with van der Waals surface area (Å²) in [5.41, 5.74) is 2.57. The molecule has 1 heterocycles. The fraction of sp³-hybridized carbons (Fsp3) is 0.158. The first-order chi connectivity index (χ1) is 12.1. The van der Waals surface area contributed by atoms with Crippen LogP contribution in [0.15, 0.2) is 53.2 Å². The van der Waals surface area contributed by atoms with Crippen molar-refractivity contribution >= 4 is 40.3 Å². The minimum atomic E-state index is -0.471. The fourth-order valence-electron chi connectivity index (χ4n) is 2.49. The standard InChI is InChI=1S/C19H16INO4/c1-3-24-18-15(20)10-12(11-16(18)23-2)9-14-17(21-25-19(14)22)13-7-5-4-6-8-13/h4-11H,3H2,1-2H3/b14-9-. The van der Waals surface area contributed by atoms with E-state index in [2.05, 4.69) is 27.7 Å². The average Bonchev–Trinajstić information content (AvgIpc) is 2.98. The van der Waals surface area contributed by atoms with Gasteiger partial charge in [-0.3, -0.25) is 0 Å². The zero-order valence-corrected chi connectivity index (χ0v) is 15.9. The quantitative estimate of drug-likeness (QED) is 0.393. The molecule has 5 nitrogen and oxygen atoms in total. The highest BCUT2D eigenvalue weighted by molar-refractivity contribution is 14.1. The van der Waals surface area contributed by atoms with Crippen molar-refractivity contribution in [2.45, 2.75) is 6.92 Å². The Kier molecular flexibility index (Phi) is 5.37. The molecule has 0 aliphatic carbocycles. The van der Waals surface area contributed by atoms with Gasteiger partial charge in [-0.05, 0) is 53.3 Å². The van der Waals surface area contributed by atoms with Gasteiger partial charge in [0, 0.05) is 5.56 Å². The summed E-state index contributed by atoms with van der Waals surface area (Å²) in [5, 5.41) is 3.92. The lowest BCUT2D eigenvalue weighted by atomic mass is 10.0. The maximum Gasteiger partial charge on any atom is 0.368 e. The second-order valence-corrected chi connectivity index (χ2v) is 6.37. The first-order valence-electron chi connectivity index (χ1n) is 7.71. The van der Waals surface area contributed by atoms with E-state index in [1.54, 1.807) is 13.2 Å². The fourth-order valence-corrected chi connectivity index (χ4v) is 3.27. The Hall–Kier alpha value is -2.35. The third kappa shape index (κ3) is 3.68. The summed E-state index contributed by atoms with van der Waals surface area (Å²) >= 11 is 2.19. The minimum absolute atomic E-state index is 0.410. The van der Waals surface area contributed by atoms with Crippen molar-refractivity contribution in [3.05, 3.63) is 62.7 Å². The van der Waals surface area contributed by atoms with Gasteiger partial charge in [0.05, 0.1) is 22.9 Å². The number of hydrogen-bond donors (Lipinski definition) is 0. The normalized spacial score (nSPS) is 15.1. The first kappa shape index (κ1) is 17.5. The van der Waals surface area contributed by atoms with Crippen LogP contribution in [0.4, 0.5) is 0 Å². The molecule has 0 aromatic heterocycles. The zero-order chi connectivity index (χ0) is 17.8. The van der Waals surface area contributed by atoms with Crippen LogP contribution >= 0.6 is 22.6 Å². The van der Waals surface area contributed by atoms with Crippen LogP contribution in [0.1, 0.15) is 18.1 Å². The highest BCUT2D eigenvalue weighted by atomic mass is 127. The Labute approximate surface area is 159 Å². The summed E-state index contributed by atoms with van der Waals surface area (Å²) in [5.74, 6) is 0.838. The van der Waals surface area contributed by atoms with Crippen molar-refractivity contribution in [1.82, 2.24) is 0 Å². The Bertz CT molecular complexity index is 859. The minimum Gasteiger partial charge on any atom is -0.493 e. The summed E-state index contributed by atoms with van der Waals surface area (Å²) < 4.78 is 11.9. The second-order valence-electron chi connectivity index (χ2n) is 5.21. The Morgan fingerprint density at radius 2 is 2.00 bits per heavy atom. The van der Waals surface area contributed by atoms with Gasteiger partial charge in [-0.25, -0.2) is 4.79 Å². The van der Waals surface area contributed by atoms with Crippen LogP contribution in [0, 0.1) is 3.57 Å². The number of carbonyl (C=O) groups excluding carboxylic acids is 1. The van der Waals surface area contributed by atoms with Crippen LogP contribution in [0.5, 0.6) is 11.5 Å². The topological polar surface area (TPSA) is 57.1 Å². The molecule has 0 radical (unpaired) electrons. The molecular weight excluding hydrogens is 433 g/mol. The molecule has 2 aromatic rings. The molecule has 0 bridgehead atoms. The van der Waals surface area contributed by atoms with Crippen LogP contribution in [-0.4, -0.2) is 25.4 Å². The van der Waals surface area contributed by atoms with Gasteiger partial charge < -0.3 is 14.3 Å². The summed E-state index contributed by atoms with van der Waals surface area (Å²) in [6, 6.07) is 13.2. The third-order valence-electron chi connectivity index (χ3n) is 3.59. The van der Waals surface area contributed by atoms with Crippen molar-refractivity contribution in [3.8, 4) is 11.5 Å². The Morgan fingerprint density at radius 3 is 2.68 bits per heavy atom. The van der Waals surface area contributed by atoms with Crippen molar-refractivity contribution in [2.24, 2.45) is 5.16 Å². The molecule has 25 heavy (non-hydrogen) atoms. The number of oxime groups is 1. The average molecular weight is 449 g/mol. The molecule has 3 rings (SSSR count). The number of methoxy groups -OCH3 is 1. The van der Waals surface area contributed by atoms with Gasteiger partial charge in [-0.2, -0.15) is 0 Å². The number of halogens is 1. The zero-order valence-electron chi connectivity index (χ0n) is 13.8. The SMILES string of the molecule is CCOc1c(I)cc(/C=C2\C(=O)ON=C2c2ccccc2)cc1OC. The molecule has 6 heteroatoms. The van der Waals surface area contributed by atoms with E-state index in [4.69, 9.17) is 14.3 Å². The van der Waals surface area contributed by atoms with Gasteiger partial charge in [-0.1, -0.05) is 35.5 Å². The van der Waals surface area contributed by atoms with E-state index >= 15 is 0 Å². The smallest absolute Gasteiger partial charge is 0.368 e. The first-order valence-corrected chi connectivity index (χ1v) is 8.79. The largest absolute Gasteiger partial charge is 0.493 e. The van der Waals surface area contributed by atoms with Crippen molar-refractivity contribution < 1.29 is 19.1 Å². The van der Waals surface area contributed by atoms with Gasteiger partial charge in [0.2, 0.25) is 0 Å². The van der Waals surface area contributed by atoms with Crippen molar-refractivity contribution in [1.29, 1.82) is 0 Å². The van der Waals surface area contributed by atoms with E-state index in [9.17, 15) is 4.79 Å². The Morgan fingerprint density at radius 1 is 1.24 bits per heavy atom. The molecule has 0 saturated carbocycles. The predicted molar refractivity (Wildman–Crippen MR) is 104 cm³/mol. The molecule has 2 aromatic carbocycles. The predicted octanol–water partition coefficient (Wildman–Crippen LogP) is 4.04. The van der Waals surface area contributed by atoms with Gasteiger partial charge in [-0.15, -0.1) is 0 Å². The van der Waals surface area contributed by atoms with Crippen LogP contribution in [-0.2, 0) is 9.63 Å². The molecule has 1 aliphatic heterocycles. The van der Waals surface area contributed by atoms with Crippen molar-refractivity contribution in [3.63, 3.8) is 0 Å². The summed E-state index contributed by atoms with van der Waals surface area (Å²) in [6.07, 6.45) is 1.75. The van der Waals surface area contributed by atoms with E-state index < -0.39 is 5.97 Å². The molecule has 128 valence electrons. The molecule has 0 atom stereocenters. The van der Waals surface area contributed by atoms with Crippen LogP contribution in [0.2, 0.25) is 0 Å². The Balaban J connectivity index is 2.03. The molecule has 1 aliphatic rings. The van der Waals surface area contributed by atoms with Crippen LogP contribution < -0.4 is 9.47 Å². The lowest BCUT2D eigenvalue weighted by Crippen LogP contribution is -2.07. The number of benzene rings is 2. The van der Waals surface area contributed by atoms with E-state index in [0.717, 1.165) is 14.7 Å². The van der Waals surface area contributed by atoms with Crippen LogP contribution in [0.3, 0.4) is 0 Å². The molecule has 0 fully saturated rings. The van der Waals surface area contributed by atoms with Gasteiger partial charge in [0.25, 0.3) is 0 Å². The number of ether oxygens (including phenoxy) is 2. The number of hydrogen-bond acceptors (Lipinski definition) is 5.